The lowest BCUT2D eigenvalue weighted by Crippen LogP contribution is -2.34. The van der Waals surface area contributed by atoms with Crippen LogP contribution in [0.3, 0.4) is 0 Å². The lowest BCUT2D eigenvalue weighted by atomic mass is 10.1. The van der Waals surface area contributed by atoms with E-state index in [2.05, 4.69) is 21.2 Å². The topological polar surface area (TPSA) is 86.2 Å². The van der Waals surface area contributed by atoms with E-state index in [-0.39, 0.29) is 0 Å². The van der Waals surface area contributed by atoms with E-state index in [0.29, 0.717) is 23.9 Å². The van der Waals surface area contributed by atoms with Crippen LogP contribution in [0.4, 0.5) is 5.69 Å². The van der Waals surface area contributed by atoms with Crippen molar-refractivity contribution in [3.05, 3.63) is 64.5 Å². The molecule has 2 aromatic carbocycles. The number of anilines is 1. The number of halogens is 1. The SMILES string of the molecule is C[C@H](O)[C@@H](c1nnc(-c2ccc(C#N)cc2)o1)N1CCc2c(Cl)cccc21. The third kappa shape index (κ3) is 3.16. The molecule has 6 nitrogen and oxygen atoms in total. The zero-order valence-electron chi connectivity index (χ0n) is 14.6. The first-order valence-electron chi connectivity index (χ1n) is 8.64. The molecule has 0 radical (unpaired) electrons. The molecule has 0 fully saturated rings. The van der Waals surface area contributed by atoms with E-state index in [1.165, 1.54) is 0 Å². The highest BCUT2D eigenvalue weighted by atomic mass is 35.5. The van der Waals surface area contributed by atoms with E-state index >= 15 is 0 Å². The van der Waals surface area contributed by atoms with Gasteiger partial charge in [-0.2, -0.15) is 5.26 Å². The Hall–Kier alpha value is -2.88. The molecule has 3 aromatic rings. The van der Waals surface area contributed by atoms with E-state index in [9.17, 15) is 5.11 Å². The number of hydrogen-bond acceptors (Lipinski definition) is 6. The molecule has 0 spiro atoms. The molecule has 1 aromatic heterocycles. The van der Waals surface area contributed by atoms with Gasteiger partial charge in [-0.3, -0.25) is 0 Å². The van der Waals surface area contributed by atoms with Gasteiger partial charge in [0.2, 0.25) is 11.8 Å². The van der Waals surface area contributed by atoms with Crippen LogP contribution in [0.1, 0.15) is 30.0 Å². The molecule has 1 aliphatic rings. The normalized spacial score (nSPS) is 15.3. The van der Waals surface area contributed by atoms with Crippen LogP contribution < -0.4 is 4.90 Å². The lowest BCUT2D eigenvalue weighted by molar-refractivity contribution is 0.146. The van der Waals surface area contributed by atoms with Crippen molar-refractivity contribution in [1.29, 1.82) is 5.26 Å². The molecule has 0 bridgehead atoms. The predicted molar refractivity (Wildman–Crippen MR) is 101 cm³/mol. The van der Waals surface area contributed by atoms with E-state index in [1.807, 2.05) is 18.2 Å². The van der Waals surface area contributed by atoms with Crippen LogP contribution in [-0.4, -0.2) is 28.0 Å². The van der Waals surface area contributed by atoms with Crippen molar-refractivity contribution < 1.29 is 9.52 Å². The molecule has 4 rings (SSSR count). The standard InChI is InChI=1S/C20H17ClN4O2/c1-12(26)18(25-10-9-15-16(21)3-2-4-17(15)25)20-24-23-19(27-20)14-7-5-13(11-22)6-8-14/h2-8,12,18,26H,9-10H2,1H3/t12-,18-/m0/s1. The number of fused-ring (bicyclic) bond motifs is 1. The van der Waals surface area contributed by atoms with Gasteiger partial charge >= 0.3 is 0 Å². The summed E-state index contributed by atoms with van der Waals surface area (Å²) >= 11 is 6.31. The molecule has 0 unspecified atom stereocenters. The molecule has 27 heavy (non-hydrogen) atoms. The first-order chi connectivity index (χ1) is 13.1. The second kappa shape index (κ2) is 7.03. The zero-order chi connectivity index (χ0) is 19.0. The summed E-state index contributed by atoms with van der Waals surface area (Å²) in [5.74, 6) is 0.697. The second-order valence-electron chi connectivity index (χ2n) is 6.50. The lowest BCUT2D eigenvalue weighted by Gasteiger charge is -2.29. The van der Waals surface area contributed by atoms with Gasteiger partial charge in [-0.1, -0.05) is 17.7 Å². The fraction of sp³-hybridized carbons (Fsp3) is 0.250. The van der Waals surface area contributed by atoms with Crippen molar-refractivity contribution in [3.8, 4) is 17.5 Å². The van der Waals surface area contributed by atoms with Crippen molar-refractivity contribution in [2.45, 2.75) is 25.5 Å². The summed E-state index contributed by atoms with van der Waals surface area (Å²) in [6.45, 7) is 2.42. The molecular formula is C20H17ClN4O2. The van der Waals surface area contributed by atoms with Gasteiger partial charge in [0, 0.05) is 22.8 Å². The van der Waals surface area contributed by atoms with Crippen LogP contribution in [0, 0.1) is 11.3 Å². The molecule has 1 aliphatic heterocycles. The average molecular weight is 381 g/mol. The molecule has 7 heteroatoms. The van der Waals surface area contributed by atoms with E-state index in [1.54, 1.807) is 31.2 Å². The van der Waals surface area contributed by atoms with Crippen molar-refractivity contribution in [2.24, 2.45) is 0 Å². The Morgan fingerprint density at radius 3 is 2.70 bits per heavy atom. The first-order valence-corrected chi connectivity index (χ1v) is 9.02. The number of nitriles is 1. The molecule has 0 amide bonds. The summed E-state index contributed by atoms with van der Waals surface area (Å²) < 4.78 is 5.88. The minimum Gasteiger partial charge on any atom is -0.418 e. The smallest absolute Gasteiger partial charge is 0.247 e. The highest BCUT2D eigenvalue weighted by molar-refractivity contribution is 6.31. The molecule has 1 N–H and O–H groups in total. The van der Waals surface area contributed by atoms with Gasteiger partial charge in [-0.15, -0.1) is 10.2 Å². The van der Waals surface area contributed by atoms with Crippen molar-refractivity contribution in [1.82, 2.24) is 10.2 Å². The molecule has 0 aliphatic carbocycles. The highest BCUT2D eigenvalue weighted by Crippen LogP contribution is 2.39. The number of aliphatic hydroxyl groups is 1. The maximum absolute atomic E-state index is 10.4. The molecule has 2 heterocycles. The van der Waals surface area contributed by atoms with Crippen LogP contribution in [0.2, 0.25) is 5.02 Å². The van der Waals surface area contributed by atoms with Crippen LogP contribution >= 0.6 is 11.6 Å². The summed E-state index contributed by atoms with van der Waals surface area (Å²) in [6.07, 6.45) is 0.0821. The fourth-order valence-corrected chi connectivity index (χ4v) is 3.73. The van der Waals surface area contributed by atoms with Crippen molar-refractivity contribution >= 4 is 17.3 Å². The summed E-state index contributed by atoms with van der Waals surface area (Å²) in [6, 6.07) is 14.3. The summed E-state index contributed by atoms with van der Waals surface area (Å²) in [5, 5.41) is 28.4. The number of nitrogens with zero attached hydrogens (tertiary/aromatic N) is 4. The van der Waals surface area contributed by atoms with Gasteiger partial charge in [0.15, 0.2) is 0 Å². The third-order valence-electron chi connectivity index (χ3n) is 4.75. The van der Waals surface area contributed by atoms with Crippen molar-refractivity contribution in [3.63, 3.8) is 0 Å². The minimum atomic E-state index is -0.718. The molecule has 0 saturated heterocycles. The Labute approximate surface area is 161 Å². The highest BCUT2D eigenvalue weighted by Gasteiger charge is 2.35. The van der Waals surface area contributed by atoms with E-state index in [4.69, 9.17) is 21.3 Å². The predicted octanol–water partition coefficient (Wildman–Crippen LogP) is 3.75. The quantitative estimate of drug-likeness (QED) is 0.741. The number of hydrogen-bond donors (Lipinski definition) is 1. The minimum absolute atomic E-state index is 0.345. The van der Waals surface area contributed by atoms with Crippen LogP contribution in [-0.2, 0) is 6.42 Å². The molecule has 0 saturated carbocycles. The largest absolute Gasteiger partial charge is 0.418 e. The van der Waals surface area contributed by atoms with Crippen LogP contribution in [0.15, 0.2) is 46.9 Å². The average Bonchev–Trinajstić information content (AvgIpc) is 3.31. The number of rotatable bonds is 4. The maximum Gasteiger partial charge on any atom is 0.247 e. The number of benzene rings is 2. The van der Waals surface area contributed by atoms with Crippen LogP contribution in [0.25, 0.3) is 11.5 Å². The van der Waals surface area contributed by atoms with Gasteiger partial charge in [-0.25, -0.2) is 0 Å². The Balaban J connectivity index is 1.68. The third-order valence-corrected chi connectivity index (χ3v) is 5.11. The van der Waals surface area contributed by atoms with E-state index < -0.39 is 12.1 Å². The second-order valence-corrected chi connectivity index (χ2v) is 6.91. The Kier molecular flexibility index (Phi) is 4.56. The summed E-state index contributed by atoms with van der Waals surface area (Å²) in [7, 11) is 0. The first kappa shape index (κ1) is 17.5. The molecule has 2 atom stereocenters. The fourth-order valence-electron chi connectivity index (χ4n) is 3.46. The molecule has 136 valence electrons. The molecular weight excluding hydrogens is 364 g/mol. The number of aliphatic hydroxyl groups excluding tert-OH is 1. The van der Waals surface area contributed by atoms with Gasteiger partial charge in [0.1, 0.15) is 6.04 Å². The van der Waals surface area contributed by atoms with Gasteiger partial charge in [0.25, 0.3) is 0 Å². The Bertz CT molecular complexity index is 1010. The Morgan fingerprint density at radius 2 is 2.00 bits per heavy atom. The van der Waals surface area contributed by atoms with Gasteiger partial charge in [0.05, 0.1) is 17.7 Å². The number of aromatic nitrogens is 2. The monoisotopic (exact) mass is 380 g/mol. The van der Waals surface area contributed by atoms with Crippen molar-refractivity contribution in [2.75, 3.05) is 11.4 Å². The van der Waals surface area contributed by atoms with Gasteiger partial charge < -0.3 is 14.4 Å². The van der Waals surface area contributed by atoms with E-state index in [0.717, 1.165) is 28.3 Å². The summed E-state index contributed by atoms with van der Waals surface area (Å²) in [5.41, 5.74) is 3.33. The van der Waals surface area contributed by atoms with Gasteiger partial charge in [-0.05, 0) is 55.3 Å². The van der Waals surface area contributed by atoms with Crippen LogP contribution in [0.5, 0.6) is 0 Å². The Morgan fingerprint density at radius 1 is 1.22 bits per heavy atom. The summed E-state index contributed by atoms with van der Waals surface area (Å²) in [4.78, 5) is 2.06. The maximum atomic E-state index is 10.4. The zero-order valence-corrected chi connectivity index (χ0v) is 15.4.